The van der Waals surface area contributed by atoms with Crippen LogP contribution in [0, 0.1) is 23.3 Å². The van der Waals surface area contributed by atoms with Crippen molar-refractivity contribution in [3.63, 3.8) is 0 Å². The third-order valence-corrected chi connectivity index (χ3v) is 6.73. The van der Waals surface area contributed by atoms with Crippen LogP contribution in [0.1, 0.15) is 36.5 Å². The first-order chi connectivity index (χ1) is 20.2. The molecule has 0 heterocycles. The summed E-state index contributed by atoms with van der Waals surface area (Å²) in [5.74, 6) is -6.25. The topological polar surface area (TPSA) is 9.23 Å². The molecule has 0 atom stereocenters. The number of alkyl halides is 1. The zero-order valence-electron chi connectivity index (χ0n) is 22.7. The molecule has 42 heavy (non-hydrogen) atoms. The normalized spacial score (nSPS) is 12.1. The molecule has 0 amide bonds. The zero-order valence-corrected chi connectivity index (χ0v) is 22.7. The Balaban J connectivity index is 1.46. The second kappa shape index (κ2) is 14.0. The average Bonchev–Trinajstić information content (AvgIpc) is 2.98. The van der Waals surface area contributed by atoms with Crippen LogP contribution in [-0.4, -0.2) is 6.86 Å². The van der Waals surface area contributed by atoms with Crippen LogP contribution in [0.15, 0.2) is 90.8 Å². The maximum atomic E-state index is 15.1. The van der Waals surface area contributed by atoms with Gasteiger partial charge >= 0.3 is 0 Å². The Morgan fingerprint density at radius 3 is 1.90 bits per heavy atom. The van der Waals surface area contributed by atoms with Crippen LogP contribution in [0.3, 0.4) is 0 Å². The third-order valence-electron chi connectivity index (χ3n) is 6.73. The van der Waals surface area contributed by atoms with E-state index in [0.717, 1.165) is 23.8 Å². The summed E-state index contributed by atoms with van der Waals surface area (Å²) in [5.41, 5.74) is 2.08. The van der Waals surface area contributed by atoms with Crippen molar-refractivity contribution in [1.29, 1.82) is 0 Å². The molecule has 8 heteroatoms. The summed E-state index contributed by atoms with van der Waals surface area (Å²) in [5, 5.41) is 0. The highest BCUT2D eigenvalue weighted by atomic mass is 19.2. The van der Waals surface area contributed by atoms with E-state index in [2.05, 4.69) is 4.74 Å². The second-order valence-electron chi connectivity index (χ2n) is 9.55. The van der Waals surface area contributed by atoms with Gasteiger partial charge in [-0.3, -0.25) is 0 Å². The largest absolute Gasteiger partial charge is 0.457 e. The number of hydrogen-bond donors (Lipinski definition) is 0. The van der Waals surface area contributed by atoms with Crippen LogP contribution in [0.2, 0.25) is 0 Å². The highest BCUT2D eigenvalue weighted by molar-refractivity contribution is 5.73. The molecule has 4 rings (SSSR count). The van der Waals surface area contributed by atoms with E-state index in [1.165, 1.54) is 30.3 Å². The quantitative estimate of drug-likeness (QED) is 0.126. The lowest BCUT2D eigenvalue weighted by molar-refractivity contribution is 0.176. The number of aryl methyl sites for hydroxylation is 2. The van der Waals surface area contributed by atoms with Crippen LogP contribution in [0.4, 0.5) is 30.7 Å². The molecule has 0 aliphatic heterocycles. The summed E-state index contributed by atoms with van der Waals surface area (Å²) in [7, 11) is 0. The summed E-state index contributed by atoms with van der Waals surface area (Å²) >= 11 is 0. The highest BCUT2D eigenvalue weighted by Crippen LogP contribution is 2.33. The Morgan fingerprint density at radius 2 is 1.29 bits per heavy atom. The molecular weight excluding hydrogens is 557 g/mol. The predicted molar refractivity (Wildman–Crippen MR) is 151 cm³/mol. The minimum absolute atomic E-state index is 0.0406. The lowest BCUT2D eigenvalue weighted by atomic mass is 9.97. The minimum atomic E-state index is -1.34. The van der Waals surface area contributed by atoms with E-state index < -0.39 is 47.5 Å². The fraction of sp³-hybridized carbons (Fsp3) is 0.176. The maximum Gasteiger partial charge on any atom is 0.228 e. The van der Waals surface area contributed by atoms with Gasteiger partial charge in [-0.2, -0.15) is 0 Å². The fourth-order valence-corrected chi connectivity index (χ4v) is 4.53. The van der Waals surface area contributed by atoms with Crippen molar-refractivity contribution in [3.8, 4) is 28.0 Å². The highest BCUT2D eigenvalue weighted by Gasteiger charge is 2.15. The summed E-state index contributed by atoms with van der Waals surface area (Å²) in [6.07, 6.45) is 4.35. The zero-order chi connectivity index (χ0) is 30.2. The Labute approximate surface area is 239 Å². The van der Waals surface area contributed by atoms with Crippen molar-refractivity contribution in [1.82, 2.24) is 0 Å². The average molecular weight is 585 g/mol. The van der Waals surface area contributed by atoms with Crippen molar-refractivity contribution >= 4 is 5.83 Å². The SMILES string of the molecule is C/C=C/CC/C(F)=C(\F)c1ccc(-c2ccc(-c3ccc(CCc4cc(F)c(OCF)c(F)c4)cc3)c(F)c2)c(F)c1. The van der Waals surface area contributed by atoms with Gasteiger partial charge in [-0.15, -0.1) is 0 Å². The van der Waals surface area contributed by atoms with Crippen molar-refractivity contribution < 1.29 is 35.5 Å². The smallest absolute Gasteiger partial charge is 0.228 e. The van der Waals surface area contributed by atoms with Crippen molar-refractivity contribution in [2.24, 2.45) is 0 Å². The van der Waals surface area contributed by atoms with E-state index in [-0.39, 0.29) is 28.7 Å². The number of rotatable bonds is 11. The maximum absolute atomic E-state index is 15.1. The Hall–Kier alpha value is -4.33. The van der Waals surface area contributed by atoms with Crippen molar-refractivity contribution in [2.45, 2.75) is 32.6 Å². The first-order valence-electron chi connectivity index (χ1n) is 13.2. The third kappa shape index (κ3) is 7.29. The monoisotopic (exact) mass is 584 g/mol. The molecule has 0 saturated heterocycles. The minimum Gasteiger partial charge on any atom is -0.457 e. The van der Waals surface area contributed by atoms with Gasteiger partial charge in [-0.05, 0) is 72.7 Å². The number of halogens is 7. The van der Waals surface area contributed by atoms with Crippen LogP contribution in [-0.2, 0) is 12.8 Å². The molecule has 0 unspecified atom stereocenters. The summed E-state index contributed by atoms with van der Waals surface area (Å²) in [6, 6.07) is 16.7. The molecule has 0 fully saturated rings. The van der Waals surface area contributed by atoms with E-state index in [1.54, 1.807) is 43.3 Å². The van der Waals surface area contributed by atoms with Crippen molar-refractivity contribution in [2.75, 3.05) is 6.86 Å². The summed E-state index contributed by atoms with van der Waals surface area (Å²) in [6.45, 7) is 0.429. The molecule has 0 radical (unpaired) electrons. The number of allylic oxidation sites excluding steroid dienone is 3. The molecule has 0 aliphatic rings. The molecule has 0 spiro atoms. The molecule has 4 aromatic carbocycles. The van der Waals surface area contributed by atoms with Gasteiger partial charge in [-0.25, -0.2) is 30.7 Å². The van der Waals surface area contributed by atoms with Crippen LogP contribution < -0.4 is 4.74 Å². The first kappa shape index (κ1) is 30.6. The summed E-state index contributed by atoms with van der Waals surface area (Å²) in [4.78, 5) is 0. The lowest BCUT2D eigenvalue weighted by Crippen LogP contribution is -2.00. The van der Waals surface area contributed by atoms with E-state index in [9.17, 15) is 26.3 Å². The molecule has 218 valence electrons. The molecule has 4 aromatic rings. The van der Waals surface area contributed by atoms with Gasteiger partial charge in [-0.1, -0.05) is 60.7 Å². The van der Waals surface area contributed by atoms with Crippen molar-refractivity contribution in [3.05, 3.63) is 131 Å². The lowest BCUT2D eigenvalue weighted by Gasteiger charge is -2.10. The van der Waals surface area contributed by atoms with Crippen LogP contribution >= 0.6 is 0 Å². The molecule has 0 aliphatic carbocycles. The van der Waals surface area contributed by atoms with E-state index in [4.69, 9.17) is 0 Å². The Kier molecular flexibility index (Phi) is 10.2. The van der Waals surface area contributed by atoms with Crippen LogP contribution in [0.25, 0.3) is 28.1 Å². The van der Waals surface area contributed by atoms with Gasteiger partial charge in [0.05, 0.1) is 0 Å². The number of benzene rings is 4. The van der Waals surface area contributed by atoms with Gasteiger partial charge in [0.1, 0.15) is 17.5 Å². The molecule has 0 bridgehead atoms. The number of hydrogen-bond acceptors (Lipinski definition) is 1. The van der Waals surface area contributed by atoms with Crippen LogP contribution in [0.5, 0.6) is 5.75 Å². The molecule has 0 N–H and O–H groups in total. The molecule has 0 saturated carbocycles. The van der Waals surface area contributed by atoms with Gasteiger partial charge in [0, 0.05) is 23.1 Å². The summed E-state index contributed by atoms with van der Waals surface area (Å²) < 4.78 is 103. The molecule has 0 aromatic heterocycles. The number of ether oxygens (including phenoxy) is 1. The van der Waals surface area contributed by atoms with Gasteiger partial charge in [0.25, 0.3) is 0 Å². The van der Waals surface area contributed by atoms with Gasteiger partial charge < -0.3 is 4.74 Å². The Morgan fingerprint density at radius 1 is 0.690 bits per heavy atom. The molecular formula is C34H27F7O. The van der Waals surface area contributed by atoms with Gasteiger partial charge in [0.2, 0.25) is 6.86 Å². The fourth-order valence-electron chi connectivity index (χ4n) is 4.53. The standard InChI is InChI=1S/C34H27F7O/c1-2-3-4-5-28(36)33(41)25-13-15-27(30(38)19-25)24-12-14-26(29(37)18-24)23-10-8-21(9-11-23)6-7-22-16-31(39)34(42-20-35)32(40)17-22/h2-3,8-19H,4-7,20H2,1H3/b3-2+,33-28+. The van der Waals surface area contributed by atoms with E-state index in [1.807, 2.05) is 0 Å². The predicted octanol–water partition coefficient (Wildman–Crippen LogP) is 10.6. The Bertz CT molecular complexity index is 1580. The van der Waals surface area contributed by atoms with E-state index in [0.29, 0.717) is 30.4 Å². The second-order valence-corrected chi connectivity index (χ2v) is 9.55. The van der Waals surface area contributed by atoms with Gasteiger partial charge in [0.15, 0.2) is 23.2 Å². The molecule has 1 nitrogen and oxygen atoms in total. The first-order valence-corrected chi connectivity index (χ1v) is 13.2. The van der Waals surface area contributed by atoms with E-state index >= 15 is 4.39 Å².